The van der Waals surface area contributed by atoms with Crippen molar-refractivity contribution in [2.75, 3.05) is 13.2 Å². The summed E-state index contributed by atoms with van der Waals surface area (Å²) in [5.74, 6) is 0.0319. The summed E-state index contributed by atoms with van der Waals surface area (Å²) < 4.78 is 25.2. The van der Waals surface area contributed by atoms with Gasteiger partial charge in [-0.2, -0.15) is 5.26 Å². The highest BCUT2D eigenvalue weighted by Crippen LogP contribution is 2.23. The molecule has 3 rings (SSSR count). The number of ether oxygens (including phenoxy) is 2. The van der Waals surface area contributed by atoms with Crippen molar-refractivity contribution in [1.82, 2.24) is 0 Å². The highest BCUT2D eigenvalue weighted by molar-refractivity contribution is 5.64. The number of benzene rings is 2. The second kappa shape index (κ2) is 8.24. The standard InChI is InChI=1S/C21H22FNO2/c1-2-15-13-24-21(25-14-15)10-5-16-3-6-17(7-4-16)18-8-9-19(12-23)20(22)11-18/h3-4,6-9,11,15,21H,2,5,10,13-14H2,1H3. The molecular formula is C21H22FNO2. The topological polar surface area (TPSA) is 42.2 Å². The molecule has 1 aliphatic heterocycles. The molecule has 130 valence electrons. The molecule has 0 spiro atoms. The van der Waals surface area contributed by atoms with Gasteiger partial charge in [0.1, 0.15) is 11.9 Å². The molecule has 0 aromatic heterocycles. The van der Waals surface area contributed by atoms with Gasteiger partial charge in [-0.25, -0.2) is 4.39 Å². The van der Waals surface area contributed by atoms with E-state index in [-0.39, 0.29) is 11.9 Å². The molecule has 3 nitrogen and oxygen atoms in total. The fraction of sp³-hybridized carbons (Fsp3) is 0.381. The lowest BCUT2D eigenvalue weighted by molar-refractivity contribution is -0.202. The van der Waals surface area contributed by atoms with Gasteiger partial charge in [0.15, 0.2) is 6.29 Å². The number of nitriles is 1. The van der Waals surface area contributed by atoms with Gasteiger partial charge >= 0.3 is 0 Å². The van der Waals surface area contributed by atoms with E-state index in [1.54, 1.807) is 6.07 Å². The molecule has 4 heteroatoms. The zero-order chi connectivity index (χ0) is 17.6. The van der Waals surface area contributed by atoms with Crippen LogP contribution in [0.4, 0.5) is 4.39 Å². The number of nitrogens with zero attached hydrogens (tertiary/aromatic N) is 1. The van der Waals surface area contributed by atoms with Gasteiger partial charge in [0, 0.05) is 12.3 Å². The predicted molar refractivity (Wildman–Crippen MR) is 94.3 cm³/mol. The second-order valence-electron chi connectivity index (χ2n) is 6.41. The predicted octanol–water partition coefficient (Wildman–Crippen LogP) is 4.70. The van der Waals surface area contributed by atoms with Crippen LogP contribution in [-0.4, -0.2) is 19.5 Å². The van der Waals surface area contributed by atoms with Crippen LogP contribution in [0.1, 0.15) is 30.9 Å². The summed E-state index contributed by atoms with van der Waals surface area (Å²) in [7, 11) is 0. The molecule has 25 heavy (non-hydrogen) atoms. The smallest absolute Gasteiger partial charge is 0.157 e. The molecule has 0 unspecified atom stereocenters. The van der Waals surface area contributed by atoms with Gasteiger partial charge in [0.05, 0.1) is 18.8 Å². The summed E-state index contributed by atoms with van der Waals surface area (Å²) in [6, 6.07) is 14.6. The molecule has 1 heterocycles. The Morgan fingerprint density at radius 2 is 1.76 bits per heavy atom. The Kier molecular flexibility index (Phi) is 5.80. The maximum Gasteiger partial charge on any atom is 0.157 e. The number of aryl methyl sites for hydroxylation is 1. The van der Waals surface area contributed by atoms with Gasteiger partial charge in [0.2, 0.25) is 0 Å². The summed E-state index contributed by atoms with van der Waals surface area (Å²) in [5.41, 5.74) is 2.97. The minimum absolute atomic E-state index is 0.0677. The number of rotatable bonds is 5. The average Bonchev–Trinajstić information content (AvgIpc) is 2.67. The second-order valence-corrected chi connectivity index (χ2v) is 6.41. The largest absolute Gasteiger partial charge is 0.352 e. The summed E-state index contributed by atoms with van der Waals surface area (Å²) in [4.78, 5) is 0. The van der Waals surface area contributed by atoms with Crippen LogP contribution >= 0.6 is 0 Å². The lowest BCUT2D eigenvalue weighted by Crippen LogP contribution is -2.32. The Morgan fingerprint density at radius 1 is 1.08 bits per heavy atom. The van der Waals surface area contributed by atoms with Gasteiger partial charge < -0.3 is 9.47 Å². The highest BCUT2D eigenvalue weighted by atomic mass is 19.1. The third-order valence-corrected chi connectivity index (χ3v) is 4.66. The molecule has 0 aliphatic carbocycles. The van der Waals surface area contributed by atoms with Crippen LogP contribution in [-0.2, 0) is 15.9 Å². The first-order chi connectivity index (χ1) is 12.2. The Labute approximate surface area is 148 Å². The third-order valence-electron chi connectivity index (χ3n) is 4.66. The molecule has 1 saturated heterocycles. The van der Waals surface area contributed by atoms with Crippen molar-refractivity contribution in [2.45, 2.75) is 32.5 Å². The summed E-state index contributed by atoms with van der Waals surface area (Å²) in [6.45, 7) is 3.72. The monoisotopic (exact) mass is 339 g/mol. The SMILES string of the molecule is CCC1COC(CCc2ccc(-c3ccc(C#N)c(F)c3)cc2)OC1. The first-order valence-corrected chi connectivity index (χ1v) is 8.71. The van der Waals surface area contributed by atoms with Crippen molar-refractivity contribution < 1.29 is 13.9 Å². The van der Waals surface area contributed by atoms with Gasteiger partial charge in [0.25, 0.3) is 0 Å². The van der Waals surface area contributed by atoms with E-state index >= 15 is 0 Å². The van der Waals surface area contributed by atoms with E-state index in [1.165, 1.54) is 17.7 Å². The number of hydrogen-bond acceptors (Lipinski definition) is 3. The molecule has 1 fully saturated rings. The fourth-order valence-corrected chi connectivity index (χ4v) is 2.92. The van der Waals surface area contributed by atoms with Crippen molar-refractivity contribution in [3.05, 3.63) is 59.4 Å². The maximum atomic E-state index is 13.7. The Bertz CT molecular complexity index is 743. The van der Waals surface area contributed by atoms with Gasteiger partial charge in [-0.1, -0.05) is 37.3 Å². The molecule has 0 atom stereocenters. The maximum absolute atomic E-state index is 13.7. The van der Waals surface area contributed by atoms with Crippen molar-refractivity contribution in [2.24, 2.45) is 5.92 Å². The van der Waals surface area contributed by atoms with Gasteiger partial charge in [-0.3, -0.25) is 0 Å². The Hall–Kier alpha value is -2.22. The van der Waals surface area contributed by atoms with Crippen LogP contribution in [0.3, 0.4) is 0 Å². The van der Waals surface area contributed by atoms with E-state index in [0.29, 0.717) is 5.92 Å². The molecule has 1 aliphatic rings. The summed E-state index contributed by atoms with van der Waals surface area (Å²) in [6.07, 6.45) is 2.68. The lowest BCUT2D eigenvalue weighted by atomic mass is 10.0. The zero-order valence-corrected chi connectivity index (χ0v) is 14.4. The molecule has 0 N–H and O–H groups in total. The normalized spacial score (nSPS) is 20.2. The van der Waals surface area contributed by atoms with Crippen molar-refractivity contribution in [1.29, 1.82) is 5.26 Å². The van der Waals surface area contributed by atoms with Crippen LogP contribution in [0, 0.1) is 23.1 Å². The van der Waals surface area contributed by atoms with Crippen molar-refractivity contribution in [3.63, 3.8) is 0 Å². The van der Waals surface area contributed by atoms with Gasteiger partial charge in [-0.05, 0) is 41.7 Å². The first kappa shape index (κ1) is 17.6. The van der Waals surface area contributed by atoms with Crippen molar-refractivity contribution >= 4 is 0 Å². The molecule has 2 aromatic carbocycles. The van der Waals surface area contributed by atoms with Crippen LogP contribution < -0.4 is 0 Å². The van der Waals surface area contributed by atoms with Crippen LogP contribution in [0.25, 0.3) is 11.1 Å². The fourth-order valence-electron chi connectivity index (χ4n) is 2.92. The van der Waals surface area contributed by atoms with E-state index in [0.717, 1.165) is 43.6 Å². The first-order valence-electron chi connectivity index (χ1n) is 8.71. The van der Waals surface area contributed by atoms with E-state index in [2.05, 4.69) is 6.92 Å². The molecule has 0 saturated carbocycles. The molecule has 2 aromatic rings. The van der Waals surface area contributed by atoms with Gasteiger partial charge in [-0.15, -0.1) is 0 Å². The minimum Gasteiger partial charge on any atom is -0.352 e. The quantitative estimate of drug-likeness (QED) is 0.793. The minimum atomic E-state index is -0.485. The Morgan fingerprint density at radius 3 is 2.36 bits per heavy atom. The average molecular weight is 339 g/mol. The van der Waals surface area contributed by atoms with E-state index in [9.17, 15) is 4.39 Å². The Balaban J connectivity index is 1.57. The van der Waals surface area contributed by atoms with Crippen LogP contribution in [0.5, 0.6) is 0 Å². The molecular weight excluding hydrogens is 317 g/mol. The van der Waals surface area contributed by atoms with E-state index in [1.807, 2.05) is 30.3 Å². The highest BCUT2D eigenvalue weighted by Gasteiger charge is 2.20. The number of hydrogen-bond donors (Lipinski definition) is 0. The number of halogens is 1. The van der Waals surface area contributed by atoms with Crippen LogP contribution in [0.15, 0.2) is 42.5 Å². The lowest BCUT2D eigenvalue weighted by Gasteiger charge is -2.28. The van der Waals surface area contributed by atoms with Crippen LogP contribution in [0.2, 0.25) is 0 Å². The molecule has 0 radical (unpaired) electrons. The molecule has 0 bridgehead atoms. The molecule has 0 amide bonds. The van der Waals surface area contributed by atoms with Crippen molar-refractivity contribution in [3.8, 4) is 17.2 Å². The third kappa shape index (κ3) is 4.45. The summed E-state index contributed by atoms with van der Waals surface area (Å²) in [5, 5.41) is 8.80. The van der Waals surface area contributed by atoms with E-state index < -0.39 is 5.82 Å². The summed E-state index contributed by atoms with van der Waals surface area (Å²) >= 11 is 0. The zero-order valence-electron chi connectivity index (χ0n) is 14.4. The van der Waals surface area contributed by atoms with E-state index in [4.69, 9.17) is 14.7 Å².